The molecule has 0 spiro atoms. The Hall–Kier alpha value is -1.23. The summed E-state index contributed by atoms with van der Waals surface area (Å²) in [7, 11) is 0. The van der Waals surface area contributed by atoms with Gasteiger partial charge in [-0.3, -0.25) is 0 Å². The van der Waals surface area contributed by atoms with Crippen molar-refractivity contribution in [3.63, 3.8) is 0 Å². The largest absolute Gasteiger partial charge is 0.478 e. The van der Waals surface area contributed by atoms with E-state index in [1.54, 1.807) is 24.8 Å². The van der Waals surface area contributed by atoms with Gasteiger partial charge in [0.05, 0.1) is 0 Å². The quantitative estimate of drug-likeness (QED) is 0.830. The first-order valence-electron chi connectivity index (χ1n) is 5.96. The first-order valence-corrected chi connectivity index (χ1v) is 7.36. The minimum Gasteiger partial charge on any atom is -0.478 e. The monoisotopic (exact) mass is 268 g/mol. The van der Waals surface area contributed by atoms with Gasteiger partial charge in [0.15, 0.2) is 0 Å². The van der Waals surface area contributed by atoms with E-state index in [1.807, 2.05) is 13.2 Å². The normalized spacial score (nSPS) is 12.2. The van der Waals surface area contributed by atoms with Gasteiger partial charge in [0.2, 0.25) is 0 Å². The summed E-state index contributed by atoms with van der Waals surface area (Å²) in [5.74, 6) is 0.493. The van der Waals surface area contributed by atoms with Crippen LogP contribution in [0.1, 0.15) is 35.0 Å². The minimum atomic E-state index is -0.929. The van der Waals surface area contributed by atoms with Gasteiger partial charge < -0.3 is 10.4 Å². The predicted molar refractivity (Wildman–Crippen MR) is 76.8 cm³/mol. The predicted octanol–water partition coefficient (Wildman–Crippen LogP) is 2.95. The molecule has 0 aliphatic rings. The number of aromatic carboxylic acids is 1. The Morgan fingerprint density at radius 3 is 2.72 bits per heavy atom. The Morgan fingerprint density at radius 2 is 2.22 bits per heavy atom. The number of rotatable bonds is 6. The summed E-state index contributed by atoms with van der Waals surface area (Å²) in [6, 6.07) is 2.04. The Labute approximate surface area is 112 Å². The van der Waals surface area contributed by atoms with E-state index < -0.39 is 5.97 Å². The molecule has 0 saturated heterocycles. The van der Waals surface area contributed by atoms with Crippen LogP contribution in [0.3, 0.4) is 0 Å². The van der Waals surface area contributed by atoms with E-state index in [2.05, 4.69) is 17.2 Å². The van der Waals surface area contributed by atoms with Crippen molar-refractivity contribution >= 4 is 23.5 Å². The lowest BCUT2D eigenvalue weighted by Gasteiger charge is -2.19. The maximum absolute atomic E-state index is 11.3. The summed E-state index contributed by atoms with van der Waals surface area (Å²) in [6.45, 7) is 5.76. The van der Waals surface area contributed by atoms with Gasteiger partial charge >= 0.3 is 5.97 Å². The maximum Gasteiger partial charge on any atom is 0.339 e. The number of thioether (sulfide) groups is 1. The van der Waals surface area contributed by atoms with Crippen LogP contribution in [0.5, 0.6) is 0 Å². The molecule has 0 fully saturated rings. The van der Waals surface area contributed by atoms with Crippen LogP contribution in [0.15, 0.2) is 6.07 Å². The zero-order valence-electron chi connectivity index (χ0n) is 11.3. The van der Waals surface area contributed by atoms with Crippen LogP contribution in [0.4, 0.5) is 5.82 Å². The van der Waals surface area contributed by atoms with Gasteiger partial charge in [0.25, 0.3) is 0 Å². The highest BCUT2D eigenvalue weighted by Crippen LogP contribution is 2.20. The molecule has 1 heterocycles. The summed E-state index contributed by atoms with van der Waals surface area (Å²) in [5.41, 5.74) is 1.86. The molecule has 1 unspecified atom stereocenters. The summed E-state index contributed by atoms with van der Waals surface area (Å²) in [5, 5.41) is 12.5. The molecule has 0 saturated carbocycles. The van der Waals surface area contributed by atoms with Gasteiger partial charge in [-0.15, -0.1) is 0 Å². The van der Waals surface area contributed by atoms with Gasteiger partial charge in [-0.2, -0.15) is 11.8 Å². The van der Waals surface area contributed by atoms with Gasteiger partial charge in [-0.1, -0.05) is 6.92 Å². The number of carboxylic acids is 1. The van der Waals surface area contributed by atoms with Crippen LogP contribution in [0.2, 0.25) is 0 Å². The Morgan fingerprint density at radius 1 is 1.56 bits per heavy atom. The highest BCUT2D eigenvalue weighted by Gasteiger charge is 2.17. The fourth-order valence-electron chi connectivity index (χ4n) is 1.87. The standard InChI is InChI=1S/C13H20N2O2S/c1-5-10(7-18-4)15-12-11(13(16)17)8(2)6-9(3)14-12/h6,10H,5,7H2,1-4H3,(H,14,15)(H,16,17). The number of nitrogens with one attached hydrogen (secondary N) is 1. The van der Waals surface area contributed by atoms with E-state index >= 15 is 0 Å². The molecule has 18 heavy (non-hydrogen) atoms. The van der Waals surface area contributed by atoms with E-state index in [4.69, 9.17) is 0 Å². The van der Waals surface area contributed by atoms with Gasteiger partial charge in [0, 0.05) is 17.5 Å². The number of hydrogen-bond acceptors (Lipinski definition) is 4. The first-order chi connectivity index (χ1) is 8.49. The van der Waals surface area contributed by atoms with Crippen LogP contribution < -0.4 is 5.32 Å². The summed E-state index contributed by atoms with van der Waals surface area (Å²) < 4.78 is 0. The van der Waals surface area contributed by atoms with Crippen molar-refractivity contribution in [1.29, 1.82) is 0 Å². The molecule has 0 aliphatic carbocycles. The molecule has 0 aromatic carbocycles. The second-order valence-corrected chi connectivity index (χ2v) is 5.22. The third-order valence-corrected chi connectivity index (χ3v) is 3.50. The van der Waals surface area contributed by atoms with Crippen LogP contribution in [0, 0.1) is 13.8 Å². The molecule has 2 N–H and O–H groups in total. The molecular formula is C13H20N2O2S. The van der Waals surface area contributed by atoms with E-state index in [-0.39, 0.29) is 11.6 Å². The summed E-state index contributed by atoms with van der Waals surface area (Å²) in [6.07, 6.45) is 2.98. The van der Waals surface area contributed by atoms with Crippen molar-refractivity contribution < 1.29 is 9.90 Å². The van der Waals surface area contributed by atoms with E-state index in [0.29, 0.717) is 5.82 Å². The molecule has 1 atom stereocenters. The molecule has 0 aliphatic heterocycles. The second kappa shape index (κ2) is 6.64. The molecule has 1 aromatic rings. The number of aromatic nitrogens is 1. The van der Waals surface area contributed by atoms with Crippen LogP contribution >= 0.6 is 11.8 Å². The van der Waals surface area contributed by atoms with Crippen molar-refractivity contribution in [3.05, 3.63) is 22.9 Å². The third kappa shape index (κ3) is 3.63. The van der Waals surface area contributed by atoms with Crippen LogP contribution in [0.25, 0.3) is 0 Å². The average Bonchev–Trinajstić information content (AvgIpc) is 2.26. The van der Waals surface area contributed by atoms with Crippen molar-refractivity contribution in [1.82, 2.24) is 4.98 Å². The molecule has 0 amide bonds. The van der Waals surface area contributed by atoms with Gasteiger partial charge in [0.1, 0.15) is 11.4 Å². The fraction of sp³-hybridized carbons (Fsp3) is 0.538. The van der Waals surface area contributed by atoms with Crippen molar-refractivity contribution in [3.8, 4) is 0 Å². The van der Waals surface area contributed by atoms with E-state index in [0.717, 1.165) is 23.4 Å². The minimum absolute atomic E-state index is 0.242. The lowest BCUT2D eigenvalue weighted by Crippen LogP contribution is -2.24. The van der Waals surface area contributed by atoms with Gasteiger partial charge in [-0.25, -0.2) is 9.78 Å². The molecule has 0 bridgehead atoms. The third-order valence-electron chi connectivity index (χ3n) is 2.76. The van der Waals surface area contributed by atoms with Crippen LogP contribution in [-0.2, 0) is 0 Å². The molecule has 1 aromatic heterocycles. The molecule has 100 valence electrons. The van der Waals surface area contributed by atoms with Crippen LogP contribution in [-0.4, -0.2) is 34.1 Å². The summed E-state index contributed by atoms with van der Waals surface area (Å²) in [4.78, 5) is 15.6. The zero-order valence-corrected chi connectivity index (χ0v) is 12.1. The first kappa shape index (κ1) is 14.8. The maximum atomic E-state index is 11.3. The van der Waals surface area contributed by atoms with Crippen molar-refractivity contribution in [2.45, 2.75) is 33.2 Å². The Kier molecular flexibility index (Phi) is 5.47. The SMILES string of the molecule is CCC(CSC)Nc1nc(C)cc(C)c1C(=O)O. The number of aryl methyl sites for hydroxylation is 2. The van der Waals surface area contributed by atoms with Gasteiger partial charge in [-0.05, 0) is 38.2 Å². The van der Waals surface area contributed by atoms with E-state index in [9.17, 15) is 9.90 Å². The number of carboxylic acid groups (broad SMARTS) is 1. The fourth-order valence-corrected chi connectivity index (χ4v) is 2.59. The highest BCUT2D eigenvalue weighted by molar-refractivity contribution is 7.98. The lowest BCUT2D eigenvalue weighted by molar-refractivity contribution is 0.0697. The number of carbonyl (C=O) groups is 1. The number of hydrogen-bond donors (Lipinski definition) is 2. The summed E-state index contributed by atoms with van der Waals surface area (Å²) >= 11 is 1.74. The zero-order chi connectivity index (χ0) is 13.7. The lowest BCUT2D eigenvalue weighted by atomic mass is 10.1. The Balaban J connectivity index is 3.09. The second-order valence-electron chi connectivity index (χ2n) is 4.31. The molecule has 5 heteroatoms. The van der Waals surface area contributed by atoms with Crippen molar-refractivity contribution in [2.75, 3.05) is 17.3 Å². The van der Waals surface area contributed by atoms with E-state index in [1.165, 1.54) is 0 Å². The molecule has 4 nitrogen and oxygen atoms in total. The number of pyridine rings is 1. The Bertz CT molecular complexity index is 435. The molecule has 0 radical (unpaired) electrons. The average molecular weight is 268 g/mol. The molecular weight excluding hydrogens is 248 g/mol. The number of nitrogens with zero attached hydrogens (tertiary/aromatic N) is 1. The molecule has 1 rings (SSSR count). The smallest absolute Gasteiger partial charge is 0.339 e. The topological polar surface area (TPSA) is 62.2 Å². The van der Waals surface area contributed by atoms with Crippen molar-refractivity contribution in [2.24, 2.45) is 0 Å². The number of anilines is 1. The highest BCUT2D eigenvalue weighted by atomic mass is 32.2.